The van der Waals surface area contributed by atoms with Gasteiger partial charge in [-0.25, -0.2) is 9.67 Å². The van der Waals surface area contributed by atoms with Crippen LogP contribution in [0.2, 0.25) is 0 Å². The summed E-state index contributed by atoms with van der Waals surface area (Å²) in [6.07, 6.45) is 3.90. The Morgan fingerprint density at radius 3 is 2.93 bits per heavy atom. The first kappa shape index (κ1) is 10.9. The van der Waals surface area contributed by atoms with E-state index in [2.05, 4.69) is 10.1 Å². The zero-order valence-electron chi connectivity index (χ0n) is 8.71. The van der Waals surface area contributed by atoms with Crippen molar-refractivity contribution < 1.29 is 5.11 Å². The number of thioether (sulfide) groups is 1. The van der Waals surface area contributed by atoms with E-state index in [-0.39, 0.29) is 17.9 Å². The fourth-order valence-electron chi connectivity index (χ4n) is 1.55. The Morgan fingerprint density at radius 2 is 2.47 bits per heavy atom. The predicted octanol–water partition coefficient (Wildman–Crippen LogP) is 0.00540. The summed E-state index contributed by atoms with van der Waals surface area (Å²) in [5, 5.41) is 14.1. The van der Waals surface area contributed by atoms with Gasteiger partial charge < -0.3 is 10.8 Å². The Hall–Kier alpha value is -0.590. The van der Waals surface area contributed by atoms with Gasteiger partial charge in [-0.1, -0.05) is 11.8 Å². The Labute approximate surface area is 93.1 Å². The summed E-state index contributed by atoms with van der Waals surface area (Å²) in [6.45, 7) is 0.0925. The van der Waals surface area contributed by atoms with Crippen molar-refractivity contribution in [3.63, 3.8) is 0 Å². The Morgan fingerprint density at radius 1 is 1.73 bits per heavy atom. The predicted molar refractivity (Wildman–Crippen MR) is 58.4 cm³/mol. The summed E-state index contributed by atoms with van der Waals surface area (Å²) < 4.78 is 1.70. The Balaban J connectivity index is 1.98. The van der Waals surface area contributed by atoms with Crippen LogP contribution < -0.4 is 5.73 Å². The number of nitrogens with two attached hydrogens (primary N) is 1. The van der Waals surface area contributed by atoms with Crippen LogP contribution in [0.4, 0.5) is 0 Å². The number of aliphatic hydroxyl groups excluding tert-OH is 1. The average molecular weight is 228 g/mol. The third-order valence-corrected chi connectivity index (χ3v) is 4.05. The molecular weight excluding hydrogens is 212 g/mol. The number of aryl methyl sites for hydroxylation is 1. The molecule has 1 fully saturated rings. The third kappa shape index (κ3) is 2.50. The number of rotatable bonds is 5. The number of aromatic nitrogens is 3. The molecule has 1 heterocycles. The monoisotopic (exact) mass is 228 g/mol. The van der Waals surface area contributed by atoms with Gasteiger partial charge in [0.1, 0.15) is 6.33 Å². The lowest BCUT2D eigenvalue weighted by Gasteiger charge is -2.20. The molecule has 0 radical (unpaired) electrons. The highest BCUT2D eigenvalue weighted by molar-refractivity contribution is 7.99. The van der Waals surface area contributed by atoms with E-state index >= 15 is 0 Å². The van der Waals surface area contributed by atoms with Crippen LogP contribution in [0.5, 0.6) is 0 Å². The van der Waals surface area contributed by atoms with Crippen LogP contribution in [-0.2, 0) is 7.05 Å². The van der Waals surface area contributed by atoms with Crippen molar-refractivity contribution in [3.05, 3.63) is 6.33 Å². The van der Waals surface area contributed by atoms with Crippen molar-refractivity contribution >= 4 is 11.8 Å². The zero-order chi connectivity index (χ0) is 10.8. The second-order valence-electron chi connectivity index (χ2n) is 3.92. The molecule has 0 aromatic carbocycles. The highest BCUT2D eigenvalue weighted by Crippen LogP contribution is 2.37. The van der Waals surface area contributed by atoms with Crippen LogP contribution >= 0.6 is 11.8 Å². The molecule has 0 aliphatic heterocycles. The van der Waals surface area contributed by atoms with Crippen molar-refractivity contribution in [2.75, 3.05) is 6.61 Å². The number of hydrogen-bond acceptors (Lipinski definition) is 5. The normalized spacial score (nSPS) is 20.2. The molecule has 0 amide bonds. The van der Waals surface area contributed by atoms with E-state index in [1.54, 1.807) is 4.68 Å². The lowest BCUT2D eigenvalue weighted by molar-refractivity contribution is 0.277. The molecule has 1 aromatic rings. The molecular formula is C9H16N4OS. The van der Waals surface area contributed by atoms with Gasteiger partial charge in [-0.3, -0.25) is 0 Å². The number of hydrogen-bond donors (Lipinski definition) is 2. The Bertz CT molecular complexity index is 326. The van der Waals surface area contributed by atoms with Crippen molar-refractivity contribution in [2.24, 2.45) is 18.7 Å². The number of nitrogens with zero attached hydrogens (tertiary/aromatic N) is 3. The van der Waals surface area contributed by atoms with Crippen LogP contribution in [0.15, 0.2) is 11.5 Å². The van der Waals surface area contributed by atoms with Gasteiger partial charge in [0.05, 0.1) is 11.9 Å². The maximum absolute atomic E-state index is 9.30. The maximum atomic E-state index is 9.30. The van der Waals surface area contributed by atoms with E-state index < -0.39 is 0 Å². The molecule has 15 heavy (non-hydrogen) atoms. The molecule has 3 N–H and O–H groups in total. The second kappa shape index (κ2) is 4.51. The van der Waals surface area contributed by atoms with E-state index in [4.69, 9.17) is 5.73 Å². The molecule has 84 valence electrons. The van der Waals surface area contributed by atoms with Gasteiger partial charge >= 0.3 is 0 Å². The molecule has 5 nitrogen and oxygen atoms in total. The van der Waals surface area contributed by atoms with Crippen molar-refractivity contribution in [2.45, 2.75) is 29.3 Å². The van der Waals surface area contributed by atoms with Gasteiger partial charge in [0.25, 0.3) is 0 Å². The Kier molecular flexibility index (Phi) is 3.28. The second-order valence-corrected chi connectivity index (χ2v) is 5.13. The van der Waals surface area contributed by atoms with Gasteiger partial charge in [0, 0.05) is 13.1 Å². The van der Waals surface area contributed by atoms with E-state index in [1.165, 1.54) is 30.9 Å². The first-order valence-corrected chi connectivity index (χ1v) is 5.97. The summed E-state index contributed by atoms with van der Waals surface area (Å²) in [7, 11) is 1.84. The lowest BCUT2D eigenvalue weighted by atomic mass is 10.1. The van der Waals surface area contributed by atoms with Crippen LogP contribution in [0.3, 0.4) is 0 Å². The zero-order valence-corrected chi connectivity index (χ0v) is 9.52. The van der Waals surface area contributed by atoms with Crippen LogP contribution in [0.1, 0.15) is 12.8 Å². The highest BCUT2D eigenvalue weighted by Gasteiger charge is 2.34. The molecule has 0 saturated heterocycles. The molecule has 2 unspecified atom stereocenters. The molecule has 6 heteroatoms. The fourth-order valence-corrected chi connectivity index (χ4v) is 2.58. The molecule has 1 saturated carbocycles. The summed E-state index contributed by atoms with van der Waals surface area (Å²) in [4.78, 5) is 4.11. The van der Waals surface area contributed by atoms with Gasteiger partial charge in [0.2, 0.25) is 0 Å². The van der Waals surface area contributed by atoms with Crippen molar-refractivity contribution in [3.8, 4) is 0 Å². The summed E-state index contributed by atoms with van der Waals surface area (Å²) in [6, 6.07) is 0.0664. The minimum absolute atomic E-state index is 0.0281. The quantitative estimate of drug-likeness (QED) is 0.694. The molecule has 1 aromatic heterocycles. The van der Waals surface area contributed by atoms with Crippen LogP contribution in [-0.4, -0.2) is 37.8 Å². The topological polar surface area (TPSA) is 77.0 Å². The number of aliphatic hydroxyl groups is 1. The lowest BCUT2D eigenvalue weighted by Crippen LogP contribution is -2.37. The summed E-state index contributed by atoms with van der Waals surface area (Å²) in [5.74, 6) is 0.586. The summed E-state index contributed by atoms with van der Waals surface area (Å²) >= 11 is 1.51. The van der Waals surface area contributed by atoms with E-state index in [9.17, 15) is 5.11 Å². The average Bonchev–Trinajstić information content (AvgIpc) is 3.00. The third-order valence-electron chi connectivity index (χ3n) is 2.70. The SMILES string of the molecule is Cn1ncnc1SC(CO)C(N)C1CC1. The maximum Gasteiger partial charge on any atom is 0.186 e. The minimum Gasteiger partial charge on any atom is -0.395 e. The smallest absolute Gasteiger partial charge is 0.186 e. The first-order valence-electron chi connectivity index (χ1n) is 5.09. The van der Waals surface area contributed by atoms with Crippen molar-refractivity contribution in [1.29, 1.82) is 0 Å². The van der Waals surface area contributed by atoms with E-state index in [1.807, 2.05) is 7.05 Å². The largest absolute Gasteiger partial charge is 0.395 e. The van der Waals surface area contributed by atoms with Gasteiger partial charge in [-0.2, -0.15) is 5.10 Å². The molecule has 2 rings (SSSR count). The highest BCUT2D eigenvalue weighted by atomic mass is 32.2. The summed E-state index contributed by atoms with van der Waals surface area (Å²) in [5.41, 5.74) is 6.06. The van der Waals surface area contributed by atoms with Gasteiger partial charge in [-0.05, 0) is 18.8 Å². The first-order chi connectivity index (χ1) is 7.22. The molecule has 0 bridgehead atoms. The molecule has 1 aliphatic carbocycles. The van der Waals surface area contributed by atoms with Gasteiger partial charge in [0.15, 0.2) is 5.16 Å². The van der Waals surface area contributed by atoms with Crippen LogP contribution in [0.25, 0.3) is 0 Å². The fraction of sp³-hybridized carbons (Fsp3) is 0.778. The minimum atomic E-state index is 0.0281. The van der Waals surface area contributed by atoms with Gasteiger partial charge in [-0.15, -0.1) is 0 Å². The molecule has 2 atom stereocenters. The van der Waals surface area contributed by atoms with Crippen LogP contribution in [0, 0.1) is 5.92 Å². The van der Waals surface area contributed by atoms with E-state index in [0.717, 1.165) is 5.16 Å². The van der Waals surface area contributed by atoms with Crippen molar-refractivity contribution in [1.82, 2.24) is 14.8 Å². The standard InChI is InChI=1S/C9H16N4OS/c1-13-9(11-5-12-13)15-7(4-14)8(10)6-2-3-6/h5-8,14H,2-4,10H2,1H3. The van der Waals surface area contributed by atoms with E-state index in [0.29, 0.717) is 5.92 Å². The molecule has 1 aliphatic rings. The molecule has 0 spiro atoms.